The molecule has 0 saturated heterocycles. The summed E-state index contributed by atoms with van der Waals surface area (Å²) in [6, 6.07) is 8.55. The van der Waals surface area contributed by atoms with Crippen LogP contribution in [0.3, 0.4) is 0 Å². The molecule has 1 aromatic heterocycles. The zero-order valence-corrected chi connectivity index (χ0v) is 12.7. The summed E-state index contributed by atoms with van der Waals surface area (Å²) >= 11 is 6.04. The van der Waals surface area contributed by atoms with Crippen LogP contribution in [0.25, 0.3) is 0 Å². The van der Waals surface area contributed by atoms with Crippen LogP contribution in [0, 0.1) is 19.7 Å². The van der Waals surface area contributed by atoms with Crippen molar-refractivity contribution in [3.05, 3.63) is 58.5 Å². The summed E-state index contributed by atoms with van der Waals surface area (Å²) in [7, 11) is 1.97. The molecule has 4 heteroatoms. The number of halogens is 2. The van der Waals surface area contributed by atoms with Gasteiger partial charge in [-0.2, -0.15) is 0 Å². The van der Waals surface area contributed by atoms with Crippen LogP contribution >= 0.6 is 11.6 Å². The minimum absolute atomic E-state index is 0.220. The number of rotatable bonds is 4. The van der Waals surface area contributed by atoms with Crippen LogP contribution in [0.15, 0.2) is 30.3 Å². The van der Waals surface area contributed by atoms with Gasteiger partial charge in [0.1, 0.15) is 11.6 Å². The van der Waals surface area contributed by atoms with Crippen molar-refractivity contribution in [2.75, 3.05) is 11.9 Å². The molecule has 0 fully saturated rings. The fourth-order valence-electron chi connectivity index (χ4n) is 2.26. The van der Waals surface area contributed by atoms with E-state index >= 15 is 0 Å². The lowest BCUT2D eigenvalue weighted by Crippen LogP contribution is -2.20. The third-order valence-corrected chi connectivity index (χ3v) is 3.55. The van der Waals surface area contributed by atoms with Gasteiger partial charge in [0.15, 0.2) is 0 Å². The first-order valence-electron chi connectivity index (χ1n) is 6.50. The number of anilines is 1. The van der Waals surface area contributed by atoms with Gasteiger partial charge in [0.25, 0.3) is 0 Å². The monoisotopic (exact) mass is 292 g/mol. The van der Waals surface area contributed by atoms with Gasteiger partial charge in [0.05, 0.1) is 5.88 Å². The highest BCUT2D eigenvalue weighted by Crippen LogP contribution is 2.24. The molecule has 0 saturated carbocycles. The predicted octanol–water partition coefficient (Wildman–Crippen LogP) is 4.21. The molecular formula is C16H18ClFN2. The smallest absolute Gasteiger partial charge is 0.133 e. The number of hydrogen-bond donors (Lipinski definition) is 0. The first kappa shape index (κ1) is 14.8. The molecule has 0 aliphatic heterocycles. The molecule has 0 radical (unpaired) electrons. The largest absolute Gasteiger partial charge is 0.355 e. The number of pyridine rings is 1. The standard InChI is InChI=1S/C16H18ClFN2/c1-11-8-12(2)19-16(15(11)9-17)20(3)10-13-4-6-14(18)7-5-13/h4-8H,9-10H2,1-3H3. The van der Waals surface area contributed by atoms with Crippen LogP contribution < -0.4 is 4.90 Å². The maximum atomic E-state index is 12.9. The van der Waals surface area contributed by atoms with Gasteiger partial charge in [-0.15, -0.1) is 11.6 Å². The average molecular weight is 293 g/mol. The van der Waals surface area contributed by atoms with E-state index in [2.05, 4.69) is 4.98 Å². The van der Waals surface area contributed by atoms with Gasteiger partial charge in [-0.25, -0.2) is 9.37 Å². The van der Waals surface area contributed by atoms with Gasteiger partial charge in [0.2, 0.25) is 0 Å². The minimum Gasteiger partial charge on any atom is -0.355 e. The summed E-state index contributed by atoms with van der Waals surface area (Å²) in [5.41, 5.74) is 4.20. The van der Waals surface area contributed by atoms with E-state index in [1.165, 1.54) is 12.1 Å². The number of aryl methyl sites for hydroxylation is 2. The van der Waals surface area contributed by atoms with Crippen LogP contribution in [0.2, 0.25) is 0 Å². The highest BCUT2D eigenvalue weighted by molar-refractivity contribution is 6.17. The molecule has 0 atom stereocenters. The Hall–Kier alpha value is -1.61. The van der Waals surface area contributed by atoms with Gasteiger partial charge in [-0.05, 0) is 43.2 Å². The zero-order chi connectivity index (χ0) is 14.7. The molecule has 0 N–H and O–H groups in total. The Morgan fingerprint density at radius 1 is 1.20 bits per heavy atom. The molecular weight excluding hydrogens is 275 g/mol. The Labute approximate surface area is 124 Å². The van der Waals surface area contributed by atoms with Crippen LogP contribution in [-0.2, 0) is 12.4 Å². The van der Waals surface area contributed by atoms with E-state index in [-0.39, 0.29) is 5.82 Å². The Morgan fingerprint density at radius 2 is 1.85 bits per heavy atom. The van der Waals surface area contributed by atoms with Crippen LogP contribution in [0.1, 0.15) is 22.4 Å². The van der Waals surface area contributed by atoms with E-state index in [4.69, 9.17) is 11.6 Å². The number of aromatic nitrogens is 1. The van der Waals surface area contributed by atoms with E-state index in [9.17, 15) is 4.39 Å². The van der Waals surface area contributed by atoms with Crippen molar-refractivity contribution in [1.82, 2.24) is 4.98 Å². The lowest BCUT2D eigenvalue weighted by molar-refractivity contribution is 0.627. The number of nitrogens with zero attached hydrogens (tertiary/aromatic N) is 2. The number of benzene rings is 1. The second-order valence-corrected chi connectivity index (χ2v) is 5.27. The lowest BCUT2D eigenvalue weighted by Gasteiger charge is -2.22. The topological polar surface area (TPSA) is 16.1 Å². The molecule has 2 aromatic rings. The highest BCUT2D eigenvalue weighted by Gasteiger charge is 2.12. The van der Waals surface area contributed by atoms with Crippen molar-refractivity contribution < 1.29 is 4.39 Å². The maximum absolute atomic E-state index is 12.9. The van der Waals surface area contributed by atoms with Crippen molar-refractivity contribution in [3.8, 4) is 0 Å². The minimum atomic E-state index is -0.220. The molecule has 0 unspecified atom stereocenters. The fourth-order valence-corrected chi connectivity index (χ4v) is 2.59. The number of alkyl halides is 1. The Morgan fingerprint density at radius 3 is 2.45 bits per heavy atom. The fraction of sp³-hybridized carbons (Fsp3) is 0.312. The average Bonchev–Trinajstić information content (AvgIpc) is 2.40. The van der Waals surface area contributed by atoms with E-state index in [0.29, 0.717) is 12.4 Å². The van der Waals surface area contributed by atoms with Crippen molar-refractivity contribution in [3.63, 3.8) is 0 Å². The number of hydrogen-bond acceptors (Lipinski definition) is 2. The Balaban J connectivity index is 2.28. The second kappa shape index (κ2) is 6.23. The first-order chi connectivity index (χ1) is 9.51. The lowest BCUT2D eigenvalue weighted by atomic mass is 10.1. The van der Waals surface area contributed by atoms with Crippen LogP contribution in [0.5, 0.6) is 0 Å². The first-order valence-corrected chi connectivity index (χ1v) is 7.03. The molecule has 0 amide bonds. The summed E-state index contributed by atoms with van der Waals surface area (Å²) in [6.07, 6.45) is 0. The van der Waals surface area contributed by atoms with E-state index < -0.39 is 0 Å². The molecule has 2 nitrogen and oxygen atoms in total. The molecule has 1 aromatic carbocycles. The van der Waals surface area contributed by atoms with Crippen molar-refractivity contribution in [2.45, 2.75) is 26.3 Å². The van der Waals surface area contributed by atoms with E-state index in [1.54, 1.807) is 12.1 Å². The second-order valence-electron chi connectivity index (χ2n) is 5.00. The van der Waals surface area contributed by atoms with Gasteiger partial charge in [-0.3, -0.25) is 0 Å². The van der Waals surface area contributed by atoms with Gasteiger partial charge < -0.3 is 4.90 Å². The third kappa shape index (κ3) is 3.28. The molecule has 0 bridgehead atoms. The van der Waals surface area contributed by atoms with Gasteiger partial charge >= 0.3 is 0 Å². The van der Waals surface area contributed by atoms with Crippen molar-refractivity contribution >= 4 is 17.4 Å². The highest BCUT2D eigenvalue weighted by atomic mass is 35.5. The van der Waals surface area contributed by atoms with Crippen molar-refractivity contribution in [2.24, 2.45) is 0 Å². The maximum Gasteiger partial charge on any atom is 0.133 e. The van der Waals surface area contributed by atoms with E-state index in [0.717, 1.165) is 28.2 Å². The van der Waals surface area contributed by atoms with Gasteiger partial charge in [0, 0.05) is 24.8 Å². The van der Waals surface area contributed by atoms with Gasteiger partial charge in [-0.1, -0.05) is 12.1 Å². The Bertz CT molecular complexity index is 596. The normalized spacial score (nSPS) is 10.7. The molecule has 1 heterocycles. The molecule has 106 valence electrons. The molecule has 0 aliphatic carbocycles. The van der Waals surface area contributed by atoms with E-state index in [1.807, 2.05) is 31.9 Å². The van der Waals surface area contributed by atoms with Crippen molar-refractivity contribution in [1.29, 1.82) is 0 Å². The molecule has 0 spiro atoms. The molecule has 2 rings (SSSR count). The predicted molar refractivity (Wildman–Crippen MR) is 81.8 cm³/mol. The summed E-state index contributed by atoms with van der Waals surface area (Å²) in [5, 5.41) is 0. The Kier molecular flexibility index (Phi) is 4.61. The zero-order valence-electron chi connectivity index (χ0n) is 12.0. The third-order valence-electron chi connectivity index (χ3n) is 3.28. The molecule has 0 aliphatic rings. The van der Waals surface area contributed by atoms with Crippen LogP contribution in [-0.4, -0.2) is 12.0 Å². The SMILES string of the molecule is Cc1cc(C)c(CCl)c(N(C)Cc2ccc(F)cc2)n1. The molecule has 20 heavy (non-hydrogen) atoms. The summed E-state index contributed by atoms with van der Waals surface area (Å²) < 4.78 is 12.9. The summed E-state index contributed by atoms with van der Waals surface area (Å²) in [4.78, 5) is 6.63. The summed E-state index contributed by atoms with van der Waals surface area (Å²) in [5.74, 6) is 1.10. The van der Waals surface area contributed by atoms with Crippen LogP contribution in [0.4, 0.5) is 10.2 Å². The summed E-state index contributed by atoms with van der Waals surface area (Å²) in [6.45, 7) is 4.68. The quantitative estimate of drug-likeness (QED) is 0.785.